The zero-order valence-corrected chi connectivity index (χ0v) is 9.90. The Morgan fingerprint density at radius 1 is 1.35 bits per heavy atom. The molecule has 0 bridgehead atoms. The van der Waals surface area contributed by atoms with E-state index in [9.17, 15) is 4.39 Å². The van der Waals surface area contributed by atoms with Crippen LogP contribution >= 0.6 is 0 Å². The standard InChI is InChI=1S/C13H18FN3/c14-12-4-1-6-15-13(12)16-10-5-8-17-7-2-3-11(17)9-10/h1,4,6,10-11H,2-3,5,7-9H2,(H,15,16)/t10-,11+/m0/s1. The van der Waals surface area contributed by atoms with E-state index in [0.29, 0.717) is 17.9 Å². The highest BCUT2D eigenvalue weighted by Crippen LogP contribution is 2.28. The van der Waals surface area contributed by atoms with Gasteiger partial charge in [-0.1, -0.05) is 0 Å². The number of anilines is 1. The fourth-order valence-corrected chi connectivity index (χ4v) is 3.04. The summed E-state index contributed by atoms with van der Waals surface area (Å²) in [5.41, 5.74) is 0. The molecule has 2 atom stereocenters. The van der Waals surface area contributed by atoms with Crippen LogP contribution in [-0.2, 0) is 0 Å². The summed E-state index contributed by atoms with van der Waals surface area (Å²) < 4.78 is 13.5. The number of pyridine rings is 1. The molecular weight excluding hydrogens is 217 g/mol. The quantitative estimate of drug-likeness (QED) is 0.852. The molecule has 0 amide bonds. The third-order valence-electron chi connectivity index (χ3n) is 3.92. The fourth-order valence-electron chi connectivity index (χ4n) is 3.04. The second kappa shape index (κ2) is 4.61. The molecule has 3 rings (SSSR count). The zero-order chi connectivity index (χ0) is 11.7. The van der Waals surface area contributed by atoms with Gasteiger partial charge in [0, 0.05) is 24.8 Å². The van der Waals surface area contributed by atoms with Crippen LogP contribution in [0.4, 0.5) is 10.2 Å². The number of nitrogens with zero attached hydrogens (tertiary/aromatic N) is 2. The van der Waals surface area contributed by atoms with Crippen LogP contribution in [0.5, 0.6) is 0 Å². The van der Waals surface area contributed by atoms with Crippen molar-refractivity contribution in [3.05, 3.63) is 24.1 Å². The van der Waals surface area contributed by atoms with Crippen LogP contribution in [0.1, 0.15) is 25.7 Å². The van der Waals surface area contributed by atoms with E-state index in [0.717, 1.165) is 19.4 Å². The van der Waals surface area contributed by atoms with E-state index in [4.69, 9.17) is 0 Å². The monoisotopic (exact) mass is 235 g/mol. The normalized spacial score (nSPS) is 29.0. The second-order valence-electron chi connectivity index (χ2n) is 5.03. The first-order valence-corrected chi connectivity index (χ1v) is 6.44. The summed E-state index contributed by atoms with van der Waals surface area (Å²) in [6.07, 6.45) is 6.46. The Morgan fingerprint density at radius 2 is 2.29 bits per heavy atom. The third kappa shape index (κ3) is 2.27. The van der Waals surface area contributed by atoms with E-state index in [1.54, 1.807) is 12.3 Å². The van der Waals surface area contributed by atoms with Crippen LogP contribution in [0.25, 0.3) is 0 Å². The molecule has 17 heavy (non-hydrogen) atoms. The number of hydrogen-bond donors (Lipinski definition) is 1. The minimum atomic E-state index is -0.249. The first-order valence-electron chi connectivity index (χ1n) is 6.44. The number of rotatable bonds is 2. The third-order valence-corrected chi connectivity index (χ3v) is 3.92. The number of hydrogen-bond acceptors (Lipinski definition) is 3. The molecule has 3 heterocycles. The Kier molecular flexibility index (Phi) is 2.97. The Balaban J connectivity index is 1.64. The predicted molar refractivity (Wildman–Crippen MR) is 65.4 cm³/mol. The molecule has 2 saturated heterocycles. The van der Waals surface area contributed by atoms with Crippen LogP contribution in [0, 0.1) is 5.82 Å². The van der Waals surface area contributed by atoms with Gasteiger partial charge in [0.05, 0.1) is 0 Å². The molecule has 0 spiro atoms. The van der Waals surface area contributed by atoms with Gasteiger partial charge in [-0.25, -0.2) is 9.37 Å². The summed E-state index contributed by atoms with van der Waals surface area (Å²) >= 11 is 0. The molecule has 2 aliphatic heterocycles. The topological polar surface area (TPSA) is 28.2 Å². The smallest absolute Gasteiger partial charge is 0.165 e. The van der Waals surface area contributed by atoms with E-state index < -0.39 is 0 Å². The minimum Gasteiger partial charge on any atom is -0.365 e. The van der Waals surface area contributed by atoms with Gasteiger partial charge in [0.25, 0.3) is 0 Å². The lowest BCUT2D eigenvalue weighted by Crippen LogP contribution is -2.42. The maximum atomic E-state index is 13.5. The van der Waals surface area contributed by atoms with Crippen molar-refractivity contribution in [2.45, 2.75) is 37.8 Å². The Morgan fingerprint density at radius 3 is 3.18 bits per heavy atom. The van der Waals surface area contributed by atoms with Crippen LogP contribution in [-0.4, -0.2) is 35.1 Å². The van der Waals surface area contributed by atoms with Crippen LogP contribution in [0.3, 0.4) is 0 Å². The molecule has 0 saturated carbocycles. The van der Waals surface area contributed by atoms with Gasteiger partial charge < -0.3 is 10.2 Å². The van der Waals surface area contributed by atoms with Gasteiger partial charge in [0.1, 0.15) is 0 Å². The summed E-state index contributed by atoms with van der Waals surface area (Å²) in [7, 11) is 0. The number of aromatic nitrogens is 1. The van der Waals surface area contributed by atoms with Crippen molar-refractivity contribution in [3.63, 3.8) is 0 Å². The summed E-state index contributed by atoms with van der Waals surface area (Å²) in [5, 5.41) is 3.25. The van der Waals surface area contributed by atoms with Crippen molar-refractivity contribution in [3.8, 4) is 0 Å². The number of halogens is 1. The molecule has 0 aliphatic carbocycles. The average Bonchev–Trinajstić information content (AvgIpc) is 2.79. The van der Waals surface area contributed by atoms with Gasteiger partial charge >= 0.3 is 0 Å². The highest BCUT2D eigenvalue weighted by atomic mass is 19.1. The Hall–Kier alpha value is -1.16. The average molecular weight is 235 g/mol. The second-order valence-corrected chi connectivity index (χ2v) is 5.03. The lowest BCUT2D eigenvalue weighted by atomic mass is 9.97. The van der Waals surface area contributed by atoms with Crippen LogP contribution < -0.4 is 5.32 Å². The van der Waals surface area contributed by atoms with Gasteiger partial charge in [0.2, 0.25) is 0 Å². The summed E-state index contributed by atoms with van der Waals surface area (Å²) in [6, 6.07) is 4.16. The maximum absolute atomic E-state index is 13.5. The molecule has 1 N–H and O–H groups in total. The van der Waals surface area contributed by atoms with Gasteiger partial charge in [0.15, 0.2) is 11.6 Å². The number of piperidine rings is 1. The van der Waals surface area contributed by atoms with Crippen molar-refractivity contribution in [2.75, 3.05) is 18.4 Å². The maximum Gasteiger partial charge on any atom is 0.165 e. The van der Waals surface area contributed by atoms with Crippen molar-refractivity contribution in [2.24, 2.45) is 0 Å². The molecule has 1 aromatic heterocycles. The van der Waals surface area contributed by atoms with Crippen molar-refractivity contribution in [1.82, 2.24) is 9.88 Å². The molecule has 0 aromatic carbocycles. The highest BCUT2D eigenvalue weighted by molar-refractivity contribution is 5.36. The van der Waals surface area contributed by atoms with E-state index in [2.05, 4.69) is 15.2 Å². The number of fused-ring (bicyclic) bond motifs is 1. The van der Waals surface area contributed by atoms with Crippen LogP contribution in [0.2, 0.25) is 0 Å². The first-order chi connectivity index (χ1) is 8.33. The lowest BCUT2D eigenvalue weighted by molar-refractivity contribution is 0.188. The van der Waals surface area contributed by atoms with Gasteiger partial charge in [-0.05, 0) is 44.4 Å². The predicted octanol–water partition coefficient (Wildman–Crippen LogP) is 2.26. The van der Waals surface area contributed by atoms with Crippen molar-refractivity contribution in [1.29, 1.82) is 0 Å². The summed E-state index contributed by atoms with van der Waals surface area (Å²) in [4.78, 5) is 6.62. The van der Waals surface area contributed by atoms with Crippen LogP contribution in [0.15, 0.2) is 18.3 Å². The van der Waals surface area contributed by atoms with E-state index >= 15 is 0 Å². The molecule has 4 heteroatoms. The van der Waals surface area contributed by atoms with E-state index in [1.165, 1.54) is 25.5 Å². The molecular formula is C13H18FN3. The summed E-state index contributed by atoms with van der Waals surface area (Å²) in [6.45, 7) is 2.38. The molecule has 3 nitrogen and oxygen atoms in total. The Bertz CT molecular complexity index is 396. The lowest BCUT2D eigenvalue weighted by Gasteiger charge is -2.35. The van der Waals surface area contributed by atoms with Crippen molar-refractivity contribution >= 4 is 5.82 Å². The molecule has 92 valence electrons. The van der Waals surface area contributed by atoms with Gasteiger partial charge in [-0.15, -0.1) is 0 Å². The molecule has 1 aromatic rings. The molecule has 2 aliphatic rings. The van der Waals surface area contributed by atoms with Gasteiger partial charge in [-0.3, -0.25) is 0 Å². The summed E-state index contributed by atoms with van der Waals surface area (Å²) in [5.74, 6) is 0.158. The van der Waals surface area contributed by atoms with Gasteiger partial charge in [-0.2, -0.15) is 0 Å². The van der Waals surface area contributed by atoms with E-state index in [-0.39, 0.29) is 5.82 Å². The number of nitrogens with one attached hydrogen (secondary N) is 1. The SMILES string of the molecule is Fc1cccnc1N[C@H]1CCN2CCC[C@@H]2C1. The molecule has 0 radical (unpaired) electrons. The molecule has 2 fully saturated rings. The fraction of sp³-hybridized carbons (Fsp3) is 0.615. The van der Waals surface area contributed by atoms with E-state index in [1.807, 2.05) is 0 Å². The van der Waals surface area contributed by atoms with Crippen molar-refractivity contribution < 1.29 is 4.39 Å². The zero-order valence-electron chi connectivity index (χ0n) is 9.90. The first kappa shape index (κ1) is 11.0. The highest BCUT2D eigenvalue weighted by Gasteiger charge is 2.31. The Labute approximate surface area is 101 Å². The minimum absolute atomic E-state index is 0.249. The molecule has 0 unspecified atom stereocenters. The largest absolute Gasteiger partial charge is 0.365 e.